The van der Waals surface area contributed by atoms with Crippen molar-refractivity contribution in [3.8, 4) is 0 Å². The number of alkyl halides is 3. The number of carboxylic acid groups (broad SMARTS) is 1. The summed E-state index contributed by atoms with van der Waals surface area (Å²) in [5.41, 5.74) is 1.69. The topological polar surface area (TPSA) is 110 Å². The Kier molecular flexibility index (Phi) is 7.69. The number of carbonyl (C=O) groups is 2. The highest BCUT2D eigenvalue weighted by Gasteiger charge is 2.43. The van der Waals surface area contributed by atoms with E-state index in [1.165, 1.54) is 5.56 Å². The Morgan fingerprint density at radius 1 is 1.36 bits per heavy atom. The molecule has 9 nitrogen and oxygen atoms in total. The summed E-state index contributed by atoms with van der Waals surface area (Å²) in [6.45, 7) is 3.50. The van der Waals surface area contributed by atoms with Gasteiger partial charge in [0.15, 0.2) is 0 Å². The van der Waals surface area contributed by atoms with E-state index in [4.69, 9.17) is 14.6 Å². The van der Waals surface area contributed by atoms with Crippen molar-refractivity contribution in [2.75, 3.05) is 19.7 Å². The molecule has 4 heterocycles. The van der Waals surface area contributed by atoms with E-state index in [1.807, 2.05) is 19.3 Å². The predicted molar refractivity (Wildman–Crippen MR) is 110 cm³/mol. The maximum Gasteiger partial charge on any atom is 0.490 e. The Balaban J connectivity index is 0.000000383. The van der Waals surface area contributed by atoms with Crippen molar-refractivity contribution in [1.82, 2.24) is 25.0 Å². The molecule has 2 aliphatic heterocycles. The van der Waals surface area contributed by atoms with E-state index >= 15 is 0 Å². The van der Waals surface area contributed by atoms with Crippen LogP contribution >= 0.6 is 0 Å². The van der Waals surface area contributed by atoms with Crippen LogP contribution in [-0.4, -0.2) is 74.2 Å². The van der Waals surface area contributed by atoms with Gasteiger partial charge in [0.05, 0.1) is 17.4 Å². The van der Waals surface area contributed by atoms with Gasteiger partial charge in [-0.15, -0.1) is 0 Å². The lowest BCUT2D eigenvalue weighted by Crippen LogP contribution is -2.49. The summed E-state index contributed by atoms with van der Waals surface area (Å²) in [6.07, 6.45) is 4.72. The lowest BCUT2D eigenvalue weighted by Gasteiger charge is -2.38. The SMILES string of the molecule is Cn1cc(C(=O)N[C@@H]2CCO[C@]3(CCN(Cc4cccnc4)C3)C2)cn1.O=C(O)C(F)(F)F. The van der Waals surface area contributed by atoms with Crippen molar-refractivity contribution in [2.24, 2.45) is 7.05 Å². The second-order valence-corrected chi connectivity index (χ2v) is 8.22. The first kappa shape index (κ1) is 24.6. The fourth-order valence-corrected chi connectivity index (χ4v) is 4.05. The number of aromatic nitrogens is 3. The van der Waals surface area contributed by atoms with Crippen LogP contribution in [0.5, 0.6) is 0 Å². The minimum absolute atomic E-state index is 0.0506. The second kappa shape index (κ2) is 10.3. The highest BCUT2D eigenvalue weighted by atomic mass is 19.4. The van der Waals surface area contributed by atoms with Crippen LogP contribution in [0.15, 0.2) is 36.9 Å². The molecule has 2 aromatic rings. The van der Waals surface area contributed by atoms with Crippen LogP contribution in [0.2, 0.25) is 0 Å². The van der Waals surface area contributed by atoms with Crippen molar-refractivity contribution in [3.05, 3.63) is 48.0 Å². The van der Waals surface area contributed by atoms with E-state index in [2.05, 4.69) is 26.4 Å². The van der Waals surface area contributed by atoms with Gasteiger partial charge in [0.1, 0.15) is 0 Å². The van der Waals surface area contributed by atoms with Crippen LogP contribution < -0.4 is 5.32 Å². The zero-order chi connectivity index (χ0) is 24.1. The predicted octanol–water partition coefficient (Wildman–Crippen LogP) is 2.00. The van der Waals surface area contributed by atoms with Crippen molar-refractivity contribution in [2.45, 2.75) is 43.6 Å². The molecule has 1 spiro atoms. The minimum Gasteiger partial charge on any atom is -0.475 e. The van der Waals surface area contributed by atoms with E-state index in [1.54, 1.807) is 23.3 Å². The number of hydrogen-bond acceptors (Lipinski definition) is 6. The molecule has 2 N–H and O–H groups in total. The van der Waals surface area contributed by atoms with Gasteiger partial charge in [-0.2, -0.15) is 18.3 Å². The van der Waals surface area contributed by atoms with E-state index < -0.39 is 12.1 Å². The van der Waals surface area contributed by atoms with Gasteiger partial charge in [0, 0.05) is 57.9 Å². The van der Waals surface area contributed by atoms with Gasteiger partial charge in [-0.05, 0) is 30.9 Å². The number of aryl methyl sites for hydroxylation is 1. The van der Waals surface area contributed by atoms with Crippen molar-refractivity contribution >= 4 is 11.9 Å². The number of carbonyl (C=O) groups excluding carboxylic acids is 1. The summed E-state index contributed by atoms with van der Waals surface area (Å²) in [5, 5.41) is 14.4. The molecule has 1 amide bonds. The zero-order valence-electron chi connectivity index (χ0n) is 18.1. The Bertz CT molecular complexity index is 953. The normalized spacial score (nSPS) is 23.1. The molecule has 2 aromatic heterocycles. The molecule has 0 radical (unpaired) electrons. The maximum atomic E-state index is 12.4. The van der Waals surface area contributed by atoms with Crippen LogP contribution in [-0.2, 0) is 23.1 Å². The van der Waals surface area contributed by atoms with Crippen LogP contribution in [0.4, 0.5) is 13.2 Å². The summed E-state index contributed by atoms with van der Waals surface area (Å²) in [7, 11) is 1.82. The number of ether oxygens (including phenoxy) is 1. The number of hydrogen-bond donors (Lipinski definition) is 2. The molecule has 2 fully saturated rings. The first-order chi connectivity index (χ1) is 15.6. The number of rotatable bonds is 4. The molecular weight excluding hydrogens is 443 g/mol. The molecular formula is C21H26F3N5O4. The van der Waals surface area contributed by atoms with E-state index in [9.17, 15) is 18.0 Å². The average molecular weight is 469 g/mol. The van der Waals surface area contributed by atoms with Crippen LogP contribution in [0, 0.1) is 0 Å². The molecule has 12 heteroatoms. The number of amides is 1. The monoisotopic (exact) mass is 469 g/mol. The average Bonchev–Trinajstić information content (AvgIpc) is 3.35. The van der Waals surface area contributed by atoms with Gasteiger partial charge in [-0.25, -0.2) is 4.79 Å². The number of nitrogens with zero attached hydrogens (tertiary/aromatic N) is 4. The first-order valence-electron chi connectivity index (χ1n) is 10.4. The van der Waals surface area contributed by atoms with Gasteiger partial charge < -0.3 is 15.2 Å². The van der Waals surface area contributed by atoms with E-state index in [-0.39, 0.29) is 17.6 Å². The summed E-state index contributed by atoms with van der Waals surface area (Å²) in [5.74, 6) is -2.81. The van der Waals surface area contributed by atoms with Crippen molar-refractivity contribution in [1.29, 1.82) is 0 Å². The Morgan fingerprint density at radius 3 is 2.73 bits per heavy atom. The number of aliphatic carboxylic acids is 1. The minimum atomic E-state index is -5.08. The Labute approximate surface area is 188 Å². The van der Waals surface area contributed by atoms with Gasteiger partial charge in [0.25, 0.3) is 5.91 Å². The maximum absolute atomic E-state index is 12.4. The molecule has 0 aromatic carbocycles. The third-order valence-electron chi connectivity index (χ3n) is 5.56. The second-order valence-electron chi connectivity index (χ2n) is 8.22. The van der Waals surface area contributed by atoms with Crippen LogP contribution in [0.3, 0.4) is 0 Å². The molecule has 2 aliphatic rings. The first-order valence-corrected chi connectivity index (χ1v) is 10.4. The van der Waals surface area contributed by atoms with Crippen molar-refractivity contribution < 1.29 is 32.6 Å². The third-order valence-corrected chi connectivity index (χ3v) is 5.56. The van der Waals surface area contributed by atoms with E-state index in [0.717, 1.165) is 38.9 Å². The number of likely N-dealkylation sites (tertiary alicyclic amines) is 1. The van der Waals surface area contributed by atoms with Crippen molar-refractivity contribution in [3.63, 3.8) is 0 Å². The summed E-state index contributed by atoms with van der Waals surface area (Å²) in [6, 6.07) is 4.23. The van der Waals surface area contributed by atoms with Gasteiger partial charge in [0.2, 0.25) is 0 Å². The number of carboxylic acids is 1. The largest absolute Gasteiger partial charge is 0.490 e. The summed E-state index contributed by atoms with van der Waals surface area (Å²) >= 11 is 0. The zero-order valence-corrected chi connectivity index (χ0v) is 18.1. The summed E-state index contributed by atoms with van der Waals surface area (Å²) in [4.78, 5) is 27.9. The lowest BCUT2D eigenvalue weighted by molar-refractivity contribution is -0.192. The smallest absolute Gasteiger partial charge is 0.475 e. The van der Waals surface area contributed by atoms with E-state index in [0.29, 0.717) is 12.2 Å². The molecule has 4 rings (SSSR count). The fraction of sp³-hybridized carbons (Fsp3) is 0.524. The Morgan fingerprint density at radius 2 is 2.12 bits per heavy atom. The molecule has 180 valence electrons. The van der Waals surface area contributed by atoms with Gasteiger partial charge in [-0.3, -0.25) is 19.4 Å². The van der Waals surface area contributed by atoms with Gasteiger partial charge >= 0.3 is 12.1 Å². The van der Waals surface area contributed by atoms with Crippen LogP contribution in [0.1, 0.15) is 35.2 Å². The molecule has 0 bridgehead atoms. The molecule has 0 aliphatic carbocycles. The Hall–Kier alpha value is -2.99. The molecule has 2 atom stereocenters. The highest BCUT2D eigenvalue weighted by molar-refractivity contribution is 5.93. The highest BCUT2D eigenvalue weighted by Crippen LogP contribution is 2.35. The third kappa shape index (κ3) is 6.99. The standard InChI is InChI=1S/C19H25N5O2.C2HF3O2/c1-23-13-16(11-21-23)18(25)22-17-4-8-26-19(9-17)5-7-24(14-19)12-15-3-2-6-20-10-15;3-2(4,5)1(6)7/h2-3,6,10-11,13,17H,4-5,7-9,12,14H2,1H3,(H,22,25);(H,6,7)/t17-,19-;/m1./s1. The fourth-order valence-electron chi connectivity index (χ4n) is 4.05. The number of halogens is 3. The molecule has 0 unspecified atom stereocenters. The molecule has 0 saturated carbocycles. The molecule has 33 heavy (non-hydrogen) atoms. The lowest BCUT2D eigenvalue weighted by atomic mass is 9.89. The summed E-state index contributed by atoms with van der Waals surface area (Å²) < 4.78 is 39.6. The quantitative estimate of drug-likeness (QED) is 0.705. The van der Waals surface area contributed by atoms with Crippen LogP contribution in [0.25, 0.3) is 0 Å². The van der Waals surface area contributed by atoms with Gasteiger partial charge in [-0.1, -0.05) is 6.07 Å². The molecule has 2 saturated heterocycles. The number of nitrogens with one attached hydrogen (secondary N) is 1. The number of pyridine rings is 1.